The average molecular weight is 324 g/mol. The Morgan fingerprint density at radius 1 is 1.42 bits per heavy atom. The van der Waals surface area contributed by atoms with Crippen molar-refractivity contribution in [3.63, 3.8) is 0 Å². The first-order valence-corrected chi connectivity index (χ1v) is 8.54. The first-order chi connectivity index (χ1) is 11.3. The molecule has 0 unspecified atom stereocenters. The number of benzene rings is 1. The zero-order valence-electron chi connectivity index (χ0n) is 14.8. The van der Waals surface area contributed by atoms with Crippen molar-refractivity contribution in [2.45, 2.75) is 53.0 Å². The first kappa shape index (κ1) is 16.5. The Kier molecular flexibility index (Phi) is 4.08. The van der Waals surface area contributed by atoms with Crippen LogP contribution in [-0.2, 0) is 4.79 Å². The van der Waals surface area contributed by atoms with Crippen LogP contribution in [0.1, 0.15) is 58.6 Å². The molecule has 1 fully saturated rings. The molecule has 1 heterocycles. The fourth-order valence-corrected chi connectivity index (χ4v) is 2.88. The zero-order valence-corrected chi connectivity index (χ0v) is 14.8. The molecule has 1 saturated carbocycles. The van der Waals surface area contributed by atoms with E-state index in [2.05, 4.69) is 41.7 Å². The van der Waals surface area contributed by atoms with E-state index in [-0.39, 0.29) is 17.2 Å². The van der Waals surface area contributed by atoms with Crippen molar-refractivity contribution in [2.75, 3.05) is 5.32 Å². The van der Waals surface area contributed by atoms with Crippen LogP contribution in [0.5, 0.6) is 0 Å². The smallest absolute Gasteiger partial charge is 0.230 e. The van der Waals surface area contributed by atoms with Gasteiger partial charge in [0, 0.05) is 12.0 Å². The Balaban J connectivity index is 2.01. The van der Waals surface area contributed by atoms with E-state index in [0.29, 0.717) is 17.6 Å². The van der Waals surface area contributed by atoms with Gasteiger partial charge in [0.05, 0.1) is 22.7 Å². The van der Waals surface area contributed by atoms with Crippen LogP contribution in [0.2, 0.25) is 0 Å². The van der Waals surface area contributed by atoms with Crippen molar-refractivity contribution in [2.24, 2.45) is 11.3 Å². The van der Waals surface area contributed by atoms with Gasteiger partial charge in [-0.3, -0.25) is 10.1 Å². The molecule has 1 amide bonds. The van der Waals surface area contributed by atoms with Crippen molar-refractivity contribution < 1.29 is 4.79 Å². The van der Waals surface area contributed by atoms with Crippen LogP contribution in [0.4, 0.5) is 5.95 Å². The Bertz CT molecular complexity index is 818. The number of fused-ring (bicyclic) bond motifs is 1. The van der Waals surface area contributed by atoms with E-state index in [1.807, 2.05) is 19.1 Å². The number of carbonyl (C=O) groups is 1. The van der Waals surface area contributed by atoms with Gasteiger partial charge < -0.3 is 4.57 Å². The van der Waals surface area contributed by atoms with Crippen LogP contribution in [0.3, 0.4) is 0 Å². The SMILES string of the molecule is C[C@@H](C(=O)Nc1nc2ccc(C#N)cc2n1C1CCC1)C(C)(C)C. The van der Waals surface area contributed by atoms with Crippen molar-refractivity contribution in [1.29, 1.82) is 5.26 Å². The molecule has 1 aliphatic rings. The van der Waals surface area contributed by atoms with E-state index in [1.54, 1.807) is 6.07 Å². The third-order valence-electron chi connectivity index (χ3n) is 5.19. The number of nitrogens with zero attached hydrogens (tertiary/aromatic N) is 3. The summed E-state index contributed by atoms with van der Waals surface area (Å²) in [6.45, 7) is 8.13. The summed E-state index contributed by atoms with van der Waals surface area (Å²) in [4.78, 5) is 17.2. The predicted octanol–water partition coefficient (Wildman–Crippen LogP) is 4.25. The maximum atomic E-state index is 12.6. The lowest BCUT2D eigenvalue weighted by Gasteiger charge is -2.30. The summed E-state index contributed by atoms with van der Waals surface area (Å²) in [6.07, 6.45) is 3.36. The number of nitrogens with one attached hydrogen (secondary N) is 1. The van der Waals surface area contributed by atoms with Crippen LogP contribution in [-0.4, -0.2) is 15.5 Å². The van der Waals surface area contributed by atoms with E-state index in [1.165, 1.54) is 6.42 Å². The van der Waals surface area contributed by atoms with Crippen molar-refractivity contribution in [3.8, 4) is 6.07 Å². The zero-order chi connectivity index (χ0) is 17.5. The lowest BCUT2D eigenvalue weighted by Crippen LogP contribution is -2.32. The molecule has 3 rings (SSSR count). The Morgan fingerprint density at radius 3 is 2.67 bits per heavy atom. The molecule has 24 heavy (non-hydrogen) atoms. The average Bonchev–Trinajstić information content (AvgIpc) is 2.81. The Hall–Kier alpha value is -2.35. The summed E-state index contributed by atoms with van der Waals surface area (Å²) >= 11 is 0. The third-order valence-corrected chi connectivity index (χ3v) is 5.19. The van der Waals surface area contributed by atoms with Gasteiger partial charge in [-0.05, 0) is 42.9 Å². The standard InChI is InChI=1S/C19H24N4O/c1-12(19(2,3)4)17(24)22-18-21-15-9-8-13(11-20)10-16(15)23(18)14-6-5-7-14/h8-10,12,14H,5-7H2,1-4H3,(H,21,22,24)/t12-/m0/s1. The summed E-state index contributed by atoms with van der Waals surface area (Å²) in [6, 6.07) is 8.02. The van der Waals surface area contributed by atoms with Gasteiger partial charge in [-0.25, -0.2) is 4.98 Å². The summed E-state index contributed by atoms with van der Waals surface area (Å²) in [5.74, 6) is 0.464. The maximum Gasteiger partial charge on any atom is 0.230 e. The van der Waals surface area contributed by atoms with E-state index in [9.17, 15) is 4.79 Å². The summed E-state index contributed by atoms with van der Waals surface area (Å²) in [5.41, 5.74) is 2.26. The third kappa shape index (κ3) is 2.89. The molecule has 0 aliphatic heterocycles. The molecule has 1 aromatic carbocycles. The molecule has 1 atom stereocenters. The molecule has 0 radical (unpaired) electrons. The highest BCUT2D eigenvalue weighted by atomic mass is 16.2. The van der Waals surface area contributed by atoms with Crippen molar-refractivity contribution >= 4 is 22.9 Å². The predicted molar refractivity (Wildman–Crippen MR) is 94.6 cm³/mol. The second-order valence-corrected chi connectivity index (χ2v) is 7.78. The minimum Gasteiger partial charge on any atom is -0.307 e. The number of hydrogen-bond acceptors (Lipinski definition) is 3. The number of imidazole rings is 1. The number of hydrogen-bond donors (Lipinski definition) is 1. The summed E-state index contributed by atoms with van der Waals surface area (Å²) in [5, 5.41) is 12.2. The number of anilines is 1. The van der Waals surface area contributed by atoms with Gasteiger partial charge in [0.25, 0.3) is 0 Å². The monoisotopic (exact) mass is 324 g/mol. The maximum absolute atomic E-state index is 12.6. The number of nitriles is 1. The van der Waals surface area contributed by atoms with Crippen LogP contribution in [0.25, 0.3) is 11.0 Å². The van der Waals surface area contributed by atoms with E-state index in [0.717, 1.165) is 23.9 Å². The largest absolute Gasteiger partial charge is 0.307 e. The number of carbonyl (C=O) groups excluding carboxylic acids is 1. The quantitative estimate of drug-likeness (QED) is 0.917. The molecule has 126 valence electrons. The molecule has 5 nitrogen and oxygen atoms in total. The second kappa shape index (κ2) is 5.94. The molecule has 1 aliphatic carbocycles. The van der Waals surface area contributed by atoms with Crippen LogP contribution in [0, 0.1) is 22.7 Å². The first-order valence-electron chi connectivity index (χ1n) is 8.54. The van der Waals surface area contributed by atoms with Crippen LogP contribution < -0.4 is 5.32 Å². The fraction of sp³-hybridized carbons (Fsp3) is 0.526. The fourth-order valence-electron chi connectivity index (χ4n) is 2.88. The molecular formula is C19H24N4O. The van der Waals surface area contributed by atoms with Gasteiger partial charge in [0.1, 0.15) is 0 Å². The number of amides is 1. The summed E-state index contributed by atoms with van der Waals surface area (Å²) < 4.78 is 2.10. The molecule has 0 bridgehead atoms. The highest BCUT2D eigenvalue weighted by Crippen LogP contribution is 2.37. The highest BCUT2D eigenvalue weighted by molar-refractivity contribution is 5.93. The van der Waals surface area contributed by atoms with E-state index in [4.69, 9.17) is 5.26 Å². The van der Waals surface area contributed by atoms with Crippen molar-refractivity contribution in [3.05, 3.63) is 23.8 Å². The van der Waals surface area contributed by atoms with Gasteiger partial charge in [-0.1, -0.05) is 27.7 Å². The minimum atomic E-state index is -0.123. The molecule has 0 spiro atoms. The van der Waals surface area contributed by atoms with E-state index >= 15 is 0 Å². The van der Waals surface area contributed by atoms with Crippen LogP contribution >= 0.6 is 0 Å². The van der Waals surface area contributed by atoms with Crippen molar-refractivity contribution in [1.82, 2.24) is 9.55 Å². The second-order valence-electron chi connectivity index (χ2n) is 7.78. The van der Waals surface area contributed by atoms with Crippen LogP contribution in [0.15, 0.2) is 18.2 Å². The minimum absolute atomic E-state index is 0.0149. The van der Waals surface area contributed by atoms with Gasteiger partial charge in [0.2, 0.25) is 11.9 Å². The Labute approximate surface area is 142 Å². The van der Waals surface area contributed by atoms with Gasteiger partial charge >= 0.3 is 0 Å². The lowest BCUT2D eigenvalue weighted by atomic mass is 9.81. The van der Waals surface area contributed by atoms with E-state index < -0.39 is 0 Å². The summed E-state index contributed by atoms with van der Waals surface area (Å²) in [7, 11) is 0. The normalized spacial score (nSPS) is 16.5. The topological polar surface area (TPSA) is 70.7 Å². The molecule has 5 heteroatoms. The molecule has 0 saturated heterocycles. The van der Waals surface area contributed by atoms with Gasteiger partial charge in [-0.2, -0.15) is 5.26 Å². The van der Waals surface area contributed by atoms with Gasteiger partial charge in [-0.15, -0.1) is 0 Å². The molecule has 1 aromatic heterocycles. The highest BCUT2D eigenvalue weighted by Gasteiger charge is 2.30. The molecule has 1 N–H and O–H groups in total. The molecule has 2 aromatic rings. The number of rotatable bonds is 3. The number of aromatic nitrogens is 2. The molecular weight excluding hydrogens is 300 g/mol. The van der Waals surface area contributed by atoms with Gasteiger partial charge in [0.15, 0.2) is 0 Å². The Morgan fingerprint density at radius 2 is 2.12 bits per heavy atom. The lowest BCUT2D eigenvalue weighted by molar-refractivity contribution is -0.122.